The zero-order valence-corrected chi connectivity index (χ0v) is 13.1. The van der Waals surface area contributed by atoms with E-state index in [1.165, 1.54) is 0 Å². The molecule has 0 saturated heterocycles. The normalized spacial score (nSPS) is 10.3. The number of benzene rings is 1. The van der Waals surface area contributed by atoms with E-state index in [0.29, 0.717) is 13.1 Å². The van der Waals surface area contributed by atoms with Crippen molar-refractivity contribution in [1.29, 1.82) is 0 Å². The molecule has 0 aliphatic heterocycles. The van der Waals surface area contributed by atoms with Crippen LogP contribution in [0.3, 0.4) is 0 Å². The van der Waals surface area contributed by atoms with Gasteiger partial charge < -0.3 is 15.3 Å². The minimum Gasteiger partial charge on any atom is -0.395 e. The number of hydrogen-bond acceptors (Lipinski definition) is 3. The second kappa shape index (κ2) is 9.66. The number of rotatable bonds is 8. The van der Waals surface area contributed by atoms with E-state index in [1.807, 2.05) is 30.5 Å². The molecule has 0 saturated carbocycles. The van der Waals surface area contributed by atoms with Crippen molar-refractivity contribution in [3.8, 4) is 0 Å². The van der Waals surface area contributed by atoms with Crippen molar-refractivity contribution in [2.24, 2.45) is 0 Å². The number of nitrogens with zero attached hydrogens (tertiary/aromatic N) is 1. The van der Waals surface area contributed by atoms with E-state index in [9.17, 15) is 4.79 Å². The SMILES string of the molecule is CCCCCN(CCO)C(=O)Nc1ccccc1SC. The van der Waals surface area contributed by atoms with Crippen LogP contribution in [0.5, 0.6) is 0 Å². The van der Waals surface area contributed by atoms with Crippen LogP contribution in [0.1, 0.15) is 26.2 Å². The summed E-state index contributed by atoms with van der Waals surface area (Å²) < 4.78 is 0. The smallest absolute Gasteiger partial charge is 0.321 e. The molecule has 0 spiro atoms. The van der Waals surface area contributed by atoms with Gasteiger partial charge in [0.05, 0.1) is 12.3 Å². The fourth-order valence-electron chi connectivity index (χ4n) is 1.93. The number of nitrogens with one attached hydrogen (secondary N) is 1. The summed E-state index contributed by atoms with van der Waals surface area (Å²) in [7, 11) is 0. The maximum absolute atomic E-state index is 12.3. The Morgan fingerprint density at radius 2 is 2.05 bits per heavy atom. The first-order chi connectivity index (χ1) is 9.72. The van der Waals surface area contributed by atoms with Crippen molar-refractivity contribution in [3.63, 3.8) is 0 Å². The largest absolute Gasteiger partial charge is 0.395 e. The lowest BCUT2D eigenvalue weighted by molar-refractivity contribution is 0.187. The first kappa shape index (κ1) is 16.9. The molecule has 0 heterocycles. The number of carbonyl (C=O) groups excluding carboxylic acids is 1. The maximum atomic E-state index is 12.3. The lowest BCUT2D eigenvalue weighted by atomic mass is 10.2. The topological polar surface area (TPSA) is 52.6 Å². The molecule has 2 N–H and O–H groups in total. The summed E-state index contributed by atoms with van der Waals surface area (Å²) in [6.45, 7) is 3.17. The average Bonchev–Trinajstić information content (AvgIpc) is 2.47. The van der Waals surface area contributed by atoms with Gasteiger partial charge in [-0.2, -0.15) is 0 Å². The Labute approximate surface area is 125 Å². The third-order valence-corrected chi connectivity index (χ3v) is 3.83. The maximum Gasteiger partial charge on any atom is 0.321 e. The van der Waals surface area contributed by atoms with Gasteiger partial charge in [0, 0.05) is 18.0 Å². The molecule has 112 valence electrons. The summed E-state index contributed by atoms with van der Waals surface area (Å²) in [4.78, 5) is 15.0. The monoisotopic (exact) mass is 296 g/mol. The summed E-state index contributed by atoms with van der Waals surface area (Å²) in [5.41, 5.74) is 0.823. The van der Waals surface area contributed by atoms with Crippen LogP contribution in [0.4, 0.5) is 10.5 Å². The minimum absolute atomic E-state index is 0.0102. The van der Waals surface area contributed by atoms with Crippen molar-refractivity contribution < 1.29 is 9.90 Å². The van der Waals surface area contributed by atoms with Gasteiger partial charge in [0.15, 0.2) is 0 Å². The van der Waals surface area contributed by atoms with Crippen molar-refractivity contribution >= 4 is 23.5 Å². The van der Waals surface area contributed by atoms with Gasteiger partial charge in [0.25, 0.3) is 0 Å². The highest BCUT2D eigenvalue weighted by atomic mass is 32.2. The molecule has 1 rings (SSSR count). The summed E-state index contributed by atoms with van der Waals surface area (Å²) in [5.74, 6) is 0. The van der Waals surface area contributed by atoms with E-state index < -0.39 is 0 Å². The lowest BCUT2D eigenvalue weighted by Crippen LogP contribution is -2.37. The molecule has 0 radical (unpaired) electrons. The van der Waals surface area contributed by atoms with Gasteiger partial charge in [-0.25, -0.2) is 4.79 Å². The second-order valence-electron chi connectivity index (χ2n) is 4.55. The van der Waals surface area contributed by atoms with E-state index in [-0.39, 0.29) is 12.6 Å². The Morgan fingerprint density at radius 3 is 2.70 bits per heavy atom. The molecule has 1 aromatic carbocycles. The quantitative estimate of drug-likeness (QED) is 0.571. The van der Waals surface area contributed by atoms with E-state index >= 15 is 0 Å². The van der Waals surface area contributed by atoms with Crippen molar-refractivity contribution in [1.82, 2.24) is 4.90 Å². The van der Waals surface area contributed by atoms with Crippen LogP contribution in [0, 0.1) is 0 Å². The number of thioether (sulfide) groups is 1. The molecule has 0 unspecified atom stereocenters. The molecule has 0 bridgehead atoms. The predicted octanol–water partition coefficient (Wildman–Crippen LogP) is 3.42. The van der Waals surface area contributed by atoms with Crippen LogP contribution >= 0.6 is 11.8 Å². The van der Waals surface area contributed by atoms with E-state index in [1.54, 1.807) is 16.7 Å². The fraction of sp³-hybridized carbons (Fsp3) is 0.533. The van der Waals surface area contributed by atoms with Crippen molar-refractivity contribution in [2.45, 2.75) is 31.1 Å². The summed E-state index contributed by atoms with van der Waals surface area (Å²) in [5, 5.41) is 12.0. The second-order valence-corrected chi connectivity index (χ2v) is 5.40. The Kier molecular flexibility index (Phi) is 8.14. The highest BCUT2D eigenvalue weighted by molar-refractivity contribution is 7.98. The predicted molar refractivity (Wildman–Crippen MR) is 85.4 cm³/mol. The summed E-state index contributed by atoms with van der Waals surface area (Å²) in [6, 6.07) is 7.59. The van der Waals surface area contributed by atoms with Gasteiger partial charge in [-0.05, 0) is 24.8 Å². The van der Waals surface area contributed by atoms with Crippen molar-refractivity contribution in [2.75, 3.05) is 31.3 Å². The zero-order valence-electron chi connectivity index (χ0n) is 12.3. The molecule has 5 heteroatoms. The Bertz CT molecular complexity index is 413. The standard InChI is InChI=1S/C15H24N2O2S/c1-3-4-7-10-17(11-12-18)15(19)16-13-8-5-6-9-14(13)20-2/h5-6,8-9,18H,3-4,7,10-12H2,1-2H3,(H,16,19). The van der Waals surface area contributed by atoms with Crippen LogP contribution in [0.25, 0.3) is 0 Å². The molecule has 0 aliphatic rings. The Hall–Kier alpha value is -1.20. The number of amides is 2. The van der Waals surface area contributed by atoms with E-state index in [0.717, 1.165) is 29.8 Å². The highest BCUT2D eigenvalue weighted by Gasteiger charge is 2.13. The van der Waals surface area contributed by atoms with Crippen LogP contribution in [0.15, 0.2) is 29.2 Å². The molecule has 20 heavy (non-hydrogen) atoms. The van der Waals surface area contributed by atoms with Gasteiger partial charge in [0.2, 0.25) is 0 Å². The van der Waals surface area contributed by atoms with Gasteiger partial charge >= 0.3 is 6.03 Å². The number of hydrogen-bond donors (Lipinski definition) is 2. The van der Waals surface area contributed by atoms with Crippen LogP contribution < -0.4 is 5.32 Å². The number of aliphatic hydroxyl groups excluding tert-OH is 1. The van der Waals surface area contributed by atoms with E-state index in [4.69, 9.17) is 5.11 Å². The molecule has 0 aromatic heterocycles. The third-order valence-electron chi connectivity index (χ3n) is 3.04. The van der Waals surface area contributed by atoms with Gasteiger partial charge in [-0.3, -0.25) is 0 Å². The third kappa shape index (κ3) is 5.43. The number of anilines is 1. The summed E-state index contributed by atoms with van der Waals surface area (Å²) >= 11 is 1.60. The zero-order chi connectivity index (χ0) is 14.8. The molecular weight excluding hydrogens is 272 g/mol. The van der Waals surface area contributed by atoms with Crippen molar-refractivity contribution in [3.05, 3.63) is 24.3 Å². The van der Waals surface area contributed by atoms with Gasteiger partial charge in [-0.1, -0.05) is 31.9 Å². The van der Waals surface area contributed by atoms with Crippen LogP contribution in [0.2, 0.25) is 0 Å². The Morgan fingerprint density at radius 1 is 1.30 bits per heavy atom. The first-order valence-electron chi connectivity index (χ1n) is 7.02. The molecule has 0 fully saturated rings. The fourth-order valence-corrected chi connectivity index (χ4v) is 2.48. The van der Waals surface area contributed by atoms with Gasteiger partial charge in [-0.15, -0.1) is 11.8 Å². The van der Waals surface area contributed by atoms with Crippen LogP contribution in [-0.2, 0) is 0 Å². The number of aliphatic hydroxyl groups is 1. The summed E-state index contributed by atoms with van der Waals surface area (Å²) in [6.07, 6.45) is 5.16. The van der Waals surface area contributed by atoms with E-state index in [2.05, 4.69) is 12.2 Å². The number of urea groups is 1. The molecule has 4 nitrogen and oxygen atoms in total. The van der Waals surface area contributed by atoms with Crippen LogP contribution in [-0.4, -0.2) is 42.0 Å². The Balaban J connectivity index is 2.64. The molecule has 0 aliphatic carbocycles. The molecule has 0 atom stereocenters. The lowest BCUT2D eigenvalue weighted by Gasteiger charge is -2.22. The molecular formula is C15H24N2O2S. The first-order valence-corrected chi connectivity index (χ1v) is 8.25. The highest BCUT2D eigenvalue weighted by Crippen LogP contribution is 2.24. The average molecular weight is 296 g/mol. The minimum atomic E-state index is -0.142. The molecule has 2 amide bonds. The van der Waals surface area contributed by atoms with Gasteiger partial charge in [0.1, 0.15) is 0 Å². The number of unbranched alkanes of at least 4 members (excludes halogenated alkanes) is 2. The molecule has 1 aromatic rings. The number of carbonyl (C=O) groups is 1. The number of para-hydroxylation sites is 1.